The fraction of sp³-hybridized carbons (Fsp3) is 0.750. The molecule has 4 nitrogen and oxygen atoms in total. The van der Waals surface area contributed by atoms with Crippen LogP contribution in [-0.2, 0) is 9.84 Å². The molecule has 0 aliphatic carbocycles. The van der Waals surface area contributed by atoms with Crippen molar-refractivity contribution in [1.29, 1.82) is 0 Å². The van der Waals surface area contributed by atoms with Crippen LogP contribution in [0.15, 0.2) is 4.34 Å². The molecule has 1 aromatic rings. The van der Waals surface area contributed by atoms with Gasteiger partial charge in [0.15, 0.2) is 0 Å². The topological polar surface area (TPSA) is 59.9 Å². The molecule has 1 heterocycles. The van der Waals surface area contributed by atoms with Crippen LogP contribution >= 0.6 is 27.3 Å². The van der Waals surface area contributed by atoms with Gasteiger partial charge in [-0.1, -0.05) is 41.1 Å². The number of hydrogen-bond donors (Lipinski definition) is 0. The van der Waals surface area contributed by atoms with Gasteiger partial charge in [0.05, 0.1) is 4.83 Å². The summed E-state index contributed by atoms with van der Waals surface area (Å²) in [5.41, 5.74) is 0. The Morgan fingerprint density at radius 3 is 2.40 bits per heavy atom. The summed E-state index contributed by atoms with van der Waals surface area (Å²) in [6, 6.07) is 0. The van der Waals surface area contributed by atoms with Crippen LogP contribution in [0.2, 0.25) is 0 Å². The molecule has 0 aromatic carbocycles. The Balaban J connectivity index is 2.85. The third kappa shape index (κ3) is 3.81. The molecule has 0 radical (unpaired) electrons. The first-order valence-corrected chi connectivity index (χ1v) is 8.10. The highest BCUT2D eigenvalue weighted by Gasteiger charge is 2.19. The Morgan fingerprint density at radius 1 is 1.40 bits per heavy atom. The van der Waals surface area contributed by atoms with Crippen LogP contribution in [0.5, 0.6) is 0 Å². The highest BCUT2D eigenvalue weighted by Crippen LogP contribution is 2.32. The average molecular weight is 313 g/mol. The first-order valence-electron chi connectivity index (χ1n) is 4.48. The maximum Gasteiger partial charge on any atom is 0.232 e. The van der Waals surface area contributed by atoms with Gasteiger partial charge in [-0.2, -0.15) is 0 Å². The lowest BCUT2D eigenvalue weighted by molar-refractivity contribution is 0.580. The minimum absolute atomic E-state index is 0.0884. The van der Waals surface area contributed by atoms with Crippen molar-refractivity contribution in [3.63, 3.8) is 0 Å². The molecule has 0 N–H and O–H groups in total. The van der Waals surface area contributed by atoms with Crippen molar-refractivity contribution in [2.75, 3.05) is 6.26 Å². The summed E-state index contributed by atoms with van der Waals surface area (Å²) < 4.78 is 22.5. The summed E-state index contributed by atoms with van der Waals surface area (Å²) in [6.07, 6.45) is 2.06. The second kappa shape index (κ2) is 4.88. The fourth-order valence-electron chi connectivity index (χ4n) is 1.01. The molecule has 1 atom stereocenters. The van der Waals surface area contributed by atoms with E-state index in [1.54, 1.807) is 0 Å². The lowest BCUT2D eigenvalue weighted by Crippen LogP contribution is -1.95. The van der Waals surface area contributed by atoms with E-state index in [2.05, 4.69) is 40.0 Å². The first-order chi connectivity index (χ1) is 6.80. The predicted octanol–water partition coefficient (Wildman–Crippen LogP) is 2.42. The molecule has 15 heavy (non-hydrogen) atoms. The minimum Gasteiger partial charge on any atom is -0.221 e. The van der Waals surface area contributed by atoms with Crippen LogP contribution in [0.3, 0.4) is 0 Å². The van der Waals surface area contributed by atoms with Crippen LogP contribution in [0.4, 0.5) is 0 Å². The molecule has 0 bridgehead atoms. The van der Waals surface area contributed by atoms with E-state index in [-0.39, 0.29) is 9.17 Å². The van der Waals surface area contributed by atoms with Crippen molar-refractivity contribution in [1.82, 2.24) is 10.2 Å². The van der Waals surface area contributed by atoms with E-state index >= 15 is 0 Å². The number of alkyl halides is 1. The molecule has 0 saturated carbocycles. The van der Waals surface area contributed by atoms with E-state index in [9.17, 15) is 8.42 Å². The van der Waals surface area contributed by atoms with Crippen LogP contribution in [-0.4, -0.2) is 24.9 Å². The lowest BCUT2D eigenvalue weighted by atomic mass is 10.1. The van der Waals surface area contributed by atoms with Gasteiger partial charge in [0.1, 0.15) is 5.01 Å². The van der Waals surface area contributed by atoms with Crippen molar-refractivity contribution in [3.05, 3.63) is 5.01 Å². The van der Waals surface area contributed by atoms with Crippen molar-refractivity contribution in [2.24, 2.45) is 5.92 Å². The SMILES string of the molecule is CC(C)CC(Br)c1nnc(S(C)(=O)=O)s1. The Morgan fingerprint density at radius 2 is 2.00 bits per heavy atom. The van der Waals surface area contributed by atoms with E-state index in [0.29, 0.717) is 5.92 Å². The van der Waals surface area contributed by atoms with Crippen LogP contribution in [0.25, 0.3) is 0 Å². The molecule has 86 valence electrons. The van der Waals surface area contributed by atoms with Gasteiger partial charge in [-0.25, -0.2) is 8.42 Å². The third-order valence-electron chi connectivity index (χ3n) is 1.69. The molecule has 0 spiro atoms. The van der Waals surface area contributed by atoms with Gasteiger partial charge in [0, 0.05) is 6.26 Å². The van der Waals surface area contributed by atoms with Gasteiger partial charge in [-0.05, 0) is 12.3 Å². The maximum absolute atomic E-state index is 11.2. The molecule has 1 unspecified atom stereocenters. The summed E-state index contributed by atoms with van der Waals surface area (Å²) in [5, 5.41) is 8.27. The van der Waals surface area contributed by atoms with E-state index < -0.39 is 9.84 Å². The van der Waals surface area contributed by atoms with Gasteiger partial charge in [0.2, 0.25) is 14.2 Å². The minimum atomic E-state index is -3.22. The number of aromatic nitrogens is 2. The molecule has 0 amide bonds. The molecule has 0 aliphatic rings. The summed E-state index contributed by atoms with van der Waals surface area (Å²) in [4.78, 5) is 0.0884. The Hall–Kier alpha value is -0.0100. The number of halogens is 1. The molecule has 1 rings (SSSR count). The van der Waals surface area contributed by atoms with E-state index in [1.165, 1.54) is 0 Å². The monoisotopic (exact) mass is 312 g/mol. The zero-order valence-electron chi connectivity index (χ0n) is 8.77. The number of rotatable bonds is 4. The van der Waals surface area contributed by atoms with Crippen LogP contribution in [0.1, 0.15) is 30.1 Å². The summed E-state index contributed by atoms with van der Waals surface area (Å²) >= 11 is 4.61. The molecular weight excluding hydrogens is 300 g/mol. The largest absolute Gasteiger partial charge is 0.232 e. The average Bonchev–Trinajstić information content (AvgIpc) is 2.48. The Bertz CT molecular complexity index is 428. The van der Waals surface area contributed by atoms with Crippen molar-refractivity contribution in [3.8, 4) is 0 Å². The Kier molecular flexibility index (Phi) is 4.25. The first kappa shape index (κ1) is 13.1. The van der Waals surface area contributed by atoms with Crippen molar-refractivity contribution < 1.29 is 8.42 Å². The second-order valence-corrected chi connectivity index (χ2v) is 8.08. The maximum atomic E-state index is 11.2. The normalized spacial score (nSPS) is 14.5. The van der Waals surface area contributed by atoms with Gasteiger partial charge in [-0.3, -0.25) is 0 Å². The molecule has 0 fully saturated rings. The molecule has 7 heteroatoms. The quantitative estimate of drug-likeness (QED) is 0.801. The van der Waals surface area contributed by atoms with E-state index in [4.69, 9.17) is 0 Å². The van der Waals surface area contributed by atoms with Crippen LogP contribution < -0.4 is 0 Å². The Labute approximate surface area is 102 Å². The molecule has 0 aliphatic heterocycles. The predicted molar refractivity (Wildman–Crippen MR) is 64.1 cm³/mol. The number of nitrogens with zero attached hydrogens (tertiary/aromatic N) is 2. The third-order valence-corrected chi connectivity index (χ3v) is 5.50. The molecule has 0 saturated heterocycles. The molecular formula is C8H13BrN2O2S2. The smallest absolute Gasteiger partial charge is 0.221 e. The highest BCUT2D eigenvalue weighted by molar-refractivity contribution is 9.09. The lowest BCUT2D eigenvalue weighted by Gasteiger charge is -2.07. The van der Waals surface area contributed by atoms with E-state index in [1.807, 2.05) is 0 Å². The van der Waals surface area contributed by atoms with Gasteiger partial charge < -0.3 is 0 Å². The van der Waals surface area contributed by atoms with Crippen molar-refractivity contribution in [2.45, 2.75) is 29.4 Å². The van der Waals surface area contributed by atoms with Crippen molar-refractivity contribution >= 4 is 37.1 Å². The van der Waals surface area contributed by atoms with Gasteiger partial charge in [0.25, 0.3) is 0 Å². The zero-order valence-corrected chi connectivity index (χ0v) is 12.0. The van der Waals surface area contributed by atoms with Gasteiger partial charge >= 0.3 is 0 Å². The fourth-order valence-corrected chi connectivity index (χ4v) is 3.75. The summed E-state index contributed by atoms with van der Waals surface area (Å²) in [6.45, 7) is 4.21. The number of sulfone groups is 1. The standard InChI is InChI=1S/C8H13BrN2O2S2/c1-5(2)4-6(9)7-10-11-8(14-7)15(3,12)13/h5-6H,4H2,1-3H3. The molecule has 1 aromatic heterocycles. The second-order valence-electron chi connectivity index (χ2n) is 3.78. The summed E-state index contributed by atoms with van der Waals surface area (Å²) in [7, 11) is -3.22. The van der Waals surface area contributed by atoms with Gasteiger partial charge in [-0.15, -0.1) is 10.2 Å². The zero-order chi connectivity index (χ0) is 11.6. The highest BCUT2D eigenvalue weighted by atomic mass is 79.9. The number of hydrogen-bond acceptors (Lipinski definition) is 5. The van der Waals surface area contributed by atoms with Crippen LogP contribution in [0, 0.1) is 5.92 Å². The summed E-state index contributed by atoms with van der Waals surface area (Å²) in [5.74, 6) is 0.528. The van der Waals surface area contributed by atoms with E-state index in [0.717, 1.165) is 29.0 Å².